The van der Waals surface area contributed by atoms with Crippen molar-refractivity contribution in [1.29, 1.82) is 0 Å². The van der Waals surface area contributed by atoms with E-state index in [-0.39, 0.29) is 11.3 Å². The van der Waals surface area contributed by atoms with Gasteiger partial charge in [0.2, 0.25) is 0 Å². The molecule has 0 saturated heterocycles. The summed E-state index contributed by atoms with van der Waals surface area (Å²) in [7, 11) is 1.24. The van der Waals surface area contributed by atoms with Crippen LogP contribution in [0.4, 0.5) is 26.3 Å². The molecule has 0 bridgehead atoms. The third-order valence-electron chi connectivity index (χ3n) is 5.46. The van der Waals surface area contributed by atoms with Gasteiger partial charge in [-0.25, -0.2) is 0 Å². The Morgan fingerprint density at radius 1 is 1.03 bits per heavy atom. The number of pyridine rings is 2. The molecule has 0 aromatic carbocycles. The molecule has 12 heteroatoms. The van der Waals surface area contributed by atoms with Gasteiger partial charge in [-0.15, -0.1) is 0 Å². The Balaban J connectivity index is 1.59. The van der Waals surface area contributed by atoms with E-state index in [1.807, 2.05) is 0 Å². The molecule has 0 aliphatic heterocycles. The van der Waals surface area contributed by atoms with Gasteiger partial charge in [0.05, 0.1) is 11.2 Å². The fourth-order valence-corrected chi connectivity index (χ4v) is 3.58. The standard InChI is InChI=1S/C21H17F6N5O/c1-11-7-13(10-29-17(11)12-3-6-28-15(8-12)20(22,23)24)19(4-5-19)30-18(33)14-9-16(21(25,26)27)31-32(14)2/h3,6-10H,4-5H2,1-2H3,(H,30,33). The van der Waals surface area contributed by atoms with Gasteiger partial charge in [-0.05, 0) is 43.0 Å². The molecule has 0 unspecified atom stereocenters. The second-order valence-electron chi connectivity index (χ2n) is 7.89. The minimum Gasteiger partial charge on any atom is -0.341 e. The summed E-state index contributed by atoms with van der Waals surface area (Å²) >= 11 is 0. The lowest BCUT2D eigenvalue weighted by molar-refractivity contribution is -0.142. The van der Waals surface area contributed by atoms with Gasteiger partial charge in [0.1, 0.15) is 11.4 Å². The lowest BCUT2D eigenvalue weighted by atomic mass is 10.0. The van der Waals surface area contributed by atoms with E-state index in [9.17, 15) is 31.1 Å². The van der Waals surface area contributed by atoms with Crippen molar-refractivity contribution >= 4 is 5.91 Å². The number of halogens is 6. The Kier molecular flexibility index (Phi) is 5.21. The van der Waals surface area contributed by atoms with Crippen molar-refractivity contribution in [2.24, 2.45) is 7.05 Å². The highest BCUT2D eigenvalue weighted by atomic mass is 19.4. The Labute approximate surface area is 183 Å². The molecule has 1 N–H and O–H groups in total. The summed E-state index contributed by atoms with van der Waals surface area (Å²) in [5.41, 5.74) is -1.51. The number of hydrogen-bond donors (Lipinski definition) is 1. The predicted octanol–water partition coefficient (Wildman–Crippen LogP) is 4.64. The topological polar surface area (TPSA) is 72.7 Å². The summed E-state index contributed by atoms with van der Waals surface area (Å²) in [4.78, 5) is 20.3. The van der Waals surface area contributed by atoms with Crippen molar-refractivity contribution in [1.82, 2.24) is 25.1 Å². The largest absolute Gasteiger partial charge is 0.435 e. The van der Waals surface area contributed by atoms with Gasteiger partial charge < -0.3 is 5.32 Å². The second-order valence-corrected chi connectivity index (χ2v) is 7.89. The molecular formula is C21H17F6N5O. The fraction of sp³-hybridized carbons (Fsp3) is 0.333. The van der Waals surface area contributed by atoms with Gasteiger partial charge in [-0.3, -0.25) is 19.4 Å². The smallest absolute Gasteiger partial charge is 0.341 e. The van der Waals surface area contributed by atoms with E-state index in [1.54, 1.807) is 13.0 Å². The van der Waals surface area contributed by atoms with Crippen LogP contribution >= 0.6 is 0 Å². The van der Waals surface area contributed by atoms with Crippen LogP contribution in [0.15, 0.2) is 36.7 Å². The zero-order valence-corrected chi connectivity index (χ0v) is 17.3. The number of nitrogens with one attached hydrogen (secondary N) is 1. The molecule has 1 aliphatic rings. The Hall–Kier alpha value is -3.44. The summed E-state index contributed by atoms with van der Waals surface area (Å²) in [6.45, 7) is 1.67. The molecule has 3 heterocycles. The van der Waals surface area contributed by atoms with Crippen LogP contribution in [0.2, 0.25) is 0 Å². The first-order valence-corrected chi connectivity index (χ1v) is 9.75. The summed E-state index contributed by atoms with van der Waals surface area (Å²) in [5, 5.41) is 6.10. The van der Waals surface area contributed by atoms with E-state index in [4.69, 9.17) is 0 Å². The van der Waals surface area contributed by atoms with Crippen LogP contribution in [0.1, 0.15) is 45.8 Å². The van der Waals surface area contributed by atoms with Crippen LogP contribution in [-0.4, -0.2) is 25.7 Å². The van der Waals surface area contributed by atoms with Crippen molar-refractivity contribution in [3.05, 3.63) is 64.9 Å². The first-order chi connectivity index (χ1) is 15.3. The molecule has 3 aromatic rings. The van der Waals surface area contributed by atoms with Gasteiger partial charge in [0, 0.05) is 31.1 Å². The number of rotatable bonds is 4. The van der Waals surface area contributed by atoms with Crippen molar-refractivity contribution in [3.8, 4) is 11.3 Å². The summed E-state index contributed by atoms with van der Waals surface area (Å²) in [5.74, 6) is -0.719. The normalized spacial score (nSPS) is 15.4. The number of alkyl halides is 6. The molecule has 6 nitrogen and oxygen atoms in total. The number of aryl methyl sites for hydroxylation is 2. The van der Waals surface area contributed by atoms with Crippen LogP contribution < -0.4 is 5.32 Å². The maximum Gasteiger partial charge on any atom is 0.435 e. The maximum atomic E-state index is 13.0. The van der Waals surface area contributed by atoms with E-state index >= 15 is 0 Å². The lowest BCUT2D eigenvalue weighted by Crippen LogP contribution is -2.36. The van der Waals surface area contributed by atoms with Gasteiger partial charge in [-0.1, -0.05) is 6.07 Å². The van der Waals surface area contributed by atoms with E-state index < -0.39 is 35.2 Å². The van der Waals surface area contributed by atoms with Gasteiger partial charge in [0.25, 0.3) is 5.91 Å². The number of hydrogen-bond acceptors (Lipinski definition) is 4. The van der Waals surface area contributed by atoms with Crippen LogP contribution in [-0.2, 0) is 24.9 Å². The molecule has 0 spiro atoms. The average Bonchev–Trinajstić information content (AvgIpc) is 3.38. The summed E-state index contributed by atoms with van der Waals surface area (Å²) in [6, 6.07) is 4.71. The highest BCUT2D eigenvalue weighted by Crippen LogP contribution is 2.46. The molecule has 1 amide bonds. The highest BCUT2D eigenvalue weighted by Gasteiger charge is 2.47. The zero-order chi connectivity index (χ0) is 24.2. The SMILES string of the molecule is Cc1cc(C2(NC(=O)c3cc(C(F)(F)F)nn3C)CC2)cnc1-c1ccnc(C(F)(F)F)c1. The minimum atomic E-state index is -4.68. The van der Waals surface area contributed by atoms with Crippen molar-refractivity contribution in [3.63, 3.8) is 0 Å². The molecule has 1 fully saturated rings. The molecule has 174 valence electrons. The lowest BCUT2D eigenvalue weighted by Gasteiger charge is -2.19. The zero-order valence-electron chi connectivity index (χ0n) is 17.3. The van der Waals surface area contributed by atoms with Crippen molar-refractivity contribution in [2.75, 3.05) is 0 Å². The van der Waals surface area contributed by atoms with Gasteiger partial charge in [0.15, 0.2) is 5.69 Å². The molecule has 4 rings (SSSR count). The Morgan fingerprint density at radius 2 is 1.70 bits per heavy atom. The minimum absolute atomic E-state index is 0.241. The molecule has 0 radical (unpaired) electrons. The summed E-state index contributed by atoms with van der Waals surface area (Å²) < 4.78 is 78.5. The Morgan fingerprint density at radius 3 is 2.24 bits per heavy atom. The molecule has 1 aliphatic carbocycles. The van der Waals surface area contributed by atoms with Gasteiger partial charge >= 0.3 is 12.4 Å². The first-order valence-electron chi connectivity index (χ1n) is 9.75. The highest BCUT2D eigenvalue weighted by molar-refractivity contribution is 5.93. The third-order valence-corrected chi connectivity index (χ3v) is 5.46. The van der Waals surface area contributed by atoms with E-state index in [1.165, 1.54) is 19.3 Å². The molecular weight excluding hydrogens is 452 g/mol. The maximum absolute atomic E-state index is 13.0. The Bertz CT molecular complexity index is 1230. The molecule has 0 atom stereocenters. The number of amides is 1. The first kappa shape index (κ1) is 22.7. The van der Waals surface area contributed by atoms with E-state index in [2.05, 4.69) is 20.4 Å². The quantitative estimate of drug-likeness (QED) is 0.565. The van der Waals surface area contributed by atoms with Gasteiger partial charge in [-0.2, -0.15) is 31.4 Å². The average molecular weight is 469 g/mol. The number of nitrogens with zero attached hydrogens (tertiary/aromatic N) is 4. The predicted molar refractivity (Wildman–Crippen MR) is 104 cm³/mol. The van der Waals surface area contributed by atoms with Crippen LogP contribution in [0.3, 0.4) is 0 Å². The fourth-order valence-electron chi connectivity index (χ4n) is 3.58. The number of aromatic nitrogens is 4. The molecule has 33 heavy (non-hydrogen) atoms. The summed E-state index contributed by atoms with van der Waals surface area (Å²) in [6.07, 6.45) is -5.69. The second kappa shape index (κ2) is 7.56. The monoisotopic (exact) mass is 469 g/mol. The van der Waals surface area contributed by atoms with Crippen molar-refractivity contribution < 1.29 is 31.1 Å². The van der Waals surface area contributed by atoms with Crippen LogP contribution in [0.5, 0.6) is 0 Å². The van der Waals surface area contributed by atoms with Crippen LogP contribution in [0, 0.1) is 6.92 Å². The molecule has 3 aromatic heterocycles. The number of carbonyl (C=O) groups is 1. The van der Waals surface area contributed by atoms with Crippen molar-refractivity contribution in [2.45, 2.75) is 37.7 Å². The number of carbonyl (C=O) groups excluding carboxylic acids is 1. The van der Waals surface area contributed by atoms with Crippen LogP contribution in [0.25, 0.3) is 11.3 Å². The molecule has 1 saturated carbocycles. The van der Waals surface area contributed by atoms with E-state index in [0.29, 0.717) is 35.7 Å². The third kappa shape index (κ3) is 4.41. The van der Waals surface area contributed by atoms with E-state index in [0.717, 1.165) is 16.9 Å².